The summed E-state index contributed by atoms with van der Waals surface area (Å²) in [6, 6.07) is 0. The fourth-order valence-corrected chi connectivity index (χ4v) is 1.19. The van der Waals surface area contributed by atoms with Crippen LogP contribution < -0.4 is 0 Å². The first-order valence-corrected chi connectivity index (χ1v) is 3.62. The Hall–Kier alpha value is 0.600. The van der Waals surface area contributed by atoms with Crippen molar-refractivity contribution in [3.05, 3.63) is 0 Å². The van der Waals surface area contributed by atoms with E-state index in [-0.39, 0.29) is 49.3 Å². The van der Waals surface area contributed by atoms with Gasteiger partial charge in [-0.2, -0.15) is 0 Å². The zero-order valence-electron chi connectivity index (χ0n) is 6.44. The number of rotatable bonds is 0. The Bertz CT molecular complexity index is 167. The summed E-state index contributed by atoms with van der Waals surface area (Å²) in [6.07, 6.45) is 1.92. The van der Waals surface area contributed by atoms with Crippen LogP contribution in [-0.4, -0.2) is 49.3 Å². The molecule has 1 rings (SSSR count). The van der Waals surface area contributed by atoms with Gasteiger partial charge in [-0.15, -0.1) is 0 Å². The zero-order valence-corrected chi connectivity index (χ0v) is 6.44. The summed E-state index contributed by atoms with van der Waals surface area (Å²) in [4.78, 5) is 22.2. The number of hydrogen-bond acceptors (Lipinski definition) is 2. The maximum atomic E-state index is 11.1. The van der Waals surface area contributed by atoms with E-state index in [1.165, 1.54) is 0 Å². The molecule has 0 amide bonds. The molecule has 1 fully saturated rings. The molecule has 0 heterocycles. The van der Waals surface area contributed by atoms with Gasteiger partial charge in [-0.3, -0.25) is 9.59 Å². The normalized spacial score (nSPS) is 22.7. The van der Waals surface area contributed by atoms with Gasteiger partial charge in [0.25, 0.3) is 0 Å². The van der Waals surface area contributed by atoms with Gasteiger partial charge in [-0.05, 0) is 20.3 Å². The summed E-state index contributed by atoms with van der Waals surface area (Å²) >= 11 is 0. The summed E-state index contributed by atoms with van der Waals surface area (Å²) in [5, 5.41) is 0. The van der Waals surface area contributed by atoms with Gasteiger partial charge < -0.3 is 0 Å². The third kappa shape index (κ3) is 2.27. The van der Waals surface area contributed by atoms with Crippen molar-refractivity contribution in [3.8, 4) is 0 Å². The van der Waals surface area contributed by atoms with E-state index in [4.69, 9.17) is 0 Å². The molecule has 0 radical (unpaired) electrons. The zero-order chi connectivity index (χ0) is 7.78. The van der Waals surface area contributed by atoms with Gasteiger partial charge in [-0.25, -0.2) is 0 Å². The van der Waals surface area contributed by atoms with Gasteiger partial charge in [-0.1, -0.05) is 0 Å². The number of hydrogen-bond donors (Lipinski definition) is 0. The van der Waals surface area contributed by atoms with Crippen LogP contribution in [0.5, 0.6) is 0 Å². The molecule has 0 aromatic carbocycles. The fourth-order valence-electron chi connectivity index (χ4n) is 1.19. The number of carbonyl (C=O) groups excluding carboxylic acids is 2. The molecule has 0 N–H and O–H groups in total. The van der Waals surface area contributed by atoms with Crippen LogP contribution in [0.3, 0.4) is 0 Å². The van der Waals surface area contributed by atoms with Gasteiger partial charge in [0, 0.05) is 12.8 Å². The molecular formula is C8H14CaO2. The van der Waals surface area contributed by atoms with E-state index < -0.39 is 5.41 Å². The predicted octanol–water partition coefficient (Wildman–Crippen LogP) is 0.418. The summed E-state index contributed by atoms with van der Waals surface area (Å²) in [5.74, 6) is 0.201. The van der Waals surface area contributed by atoms with Crippen molar-refractivity contribution >= 4 is 49.3 Å². The summed E-state index contributed by atoms with van der Waals surface area (Å²) in [5.41, 5.74) is -0.682. The Morgan fingerprint density at radius 3 is 1.73 bits per heavy atom. The second-order valence-corrected chi connectivity index (χ2v) is 3.32. The average Bonchev–Trinajstić information content (AvgIpc) is 1.84. The molecule has 0 atom stereocenters. The SMILES string of the molecule is CC1(C)C(=O)CCCC1=O.[CaH2]. The summed E-state index contributed by atoms with van der Waals surface area (Å²) in [6.45, 7) is 3.44. The Kier molecular flexibility index (Phi) is 4.23. The molecule has 11 heavy (non-hydrogen) atoms. The third-order valence-corrected chi connectivity index (χ3v) is 2.20. The quantitative estimate of drug-likeness (QED) is 0.402. The van der Waals surface area contributed by atoms with Crippen LogP contribution in [0.2, 0.25) is 0 Å². The molecule has 1 aliphatic rings. The Morgan fingerprint density at radius 1 is 1.09 bits per heavy atom. The van der Waals surface area contributed by atoms with E-state index in [2.05, 4.69) is 0 Å². The summed E-state index contributed by atoms with van der Waals surface area (Å²) < 4.78 is 0. The second kappa shape index (κ2) is 4.01. The van der Waals surface area contributed by atoms with E-state index in [0.29, 0.717) is 12.8 Å². The van der Waals surface area contributed by atoms with Crippen molar-refractivity contribution in [3.63, 3.8) is 0 Å². The molecule has 60 valence electrons. The molecule has 2 nitrogen and oxygen atoms in total. The predicted molar refractivity (Wildman–Crippen MR) is 46.2 cm³/mol. The molecule has 0 unspecified atom stereocenters. The fraction of sp³-hybridized carbons (Fsp3) is 0.750. The number of carbonyl (C=O) groups is 2. The Morgan fingerprint density at radius 2 is 1.45 bits per heavy atom. The molecule has 0 aliphatic heterocycles. The molecule has 0 spiro atoms. The topological polar surface area (TPSA) is 34.1 Å². The minimum atomic E-state index is -0.682. The van der Waals surface area contributed by atoms with Crippen molar-refractivity contribution in [1.82, 2.24) is 0 Å². The average molecular weight is 182 g/mol. The molecule has 0 aromatic heterocycles. The monoisotopic (exact) mass is 182 g/mol. The Labute approximate surface area is 96.7 Å². The minimum absolute atomic E-state index is 0. The molecule has 1 saturated carbocycles. The first-order chi connectivity index (χ1) is 4.55. The molecule has 1 aliphatic carbocycles. The van der Waals surface area contributed by atoms with Crippen molar-refractivity contribution in [2.24, 2.45) is 5.41 Å². The van der Waals surface area contributed by atoms with E-state index in [1.807, 2.05) is 0 Å². The molecule has 0 saturated heterocycles. The van der Waals surface area contributed by atoms with E-state index in [0.717, 1.165) is 6.42 Å². The maximum absolute atomic E-state index is 11.1. The van der Waals surface area contributed by atoms with Gasteiger partial charge in [0.15, 0.2) is 0 Å². The van der Waals surface area contributed by atoms with Gasteiger partial charge in [0.05, 0.1) is 5.41 Å². The number of ketones is 2. The Balaban J connectivity index is 0.000001000. The van der Waals surface area contributed by atoms with Gasteiger partial charge in [0.2, 0.25) is 0 Å². The second-order valence-electron chi connectivity index (χ2n) is 3.32. The van der Waals surface area contributed by atoms with Gasteiger partial charge >= 0.3 is 37.7 Å². The first-order valence-electron chi connectivity index (χ1n) is 3.62. The van der Waals surface area contributed by atoms with Crippen LogP contribution in [0.4, 0.5) is 0 Å². The van der Waals surface area contributed by atoms with Crippen LogP contribution in [0.1, 0.15) is 33.1 Å². The van der Waals surface area contributed by atoms with Crippen molar-refractivity contribution in [2.75, 3.05) is 0 Å². The van der Waals surface area contributed by atoms with Crippen LogP contribution in [0, 0.1) is 5.41 Å². The van der Waals surface area contributed by atoms with E-state index in [1.54, 1.807) is 13.8 Å². The molecule has 3 heteroatoms. The van der Waals surface area contributed by atoms with Crippen molar-refractivity contribution in [2.45, 2.75) is 33.1 Å². The van der Waals surface area contributed by atoms with Crippen LogP contribution in [0.15, 0.2) is 0 Å². The number of Topliss-reactive ketones (excluding diaryl/α,β-unsaturated/α-hetero) is 2. The van der Waals surface area contributed by atoms with Crippen LogP contribution >= 0.6 is 0 Å². The van der Waals surface area contributed by atoms with Gasteiger partial charge in [0.1, 0.15) is 11.6 Å². The van der Waals surface area contributed by atoms with Crippen LogP contribution in [-0.2, 0) is 9.59 Å². The van der Waals surface area contributed by atoms with E-state index >= 15 is 0 Å². The third-order valence-electron chi connectivity index (χ3n) is 2.20. The summed E-state index contributed by atoms with van der Waals surface area (Å²) in [7, 11) is 0. The van der Waals surface area contributed by atoms with Crippen LogP contribution in [0.25, 0.3) is 0 Å². The standard InChI is InChI=1S/C8H12O2.Ca.2H/c1-8(2)6(9)4-3-5-7(8)10;;;/h3-5H2,1-2H3;;;. The molecular weight excluding hydrogens is 168 g/mol. The molecule has 0 aromatic rings. The van der Waals surface area contributed by atoms with Crippen molar-refractivity contribution in [1.29, 1.82) is 0 Å². The van der Waals surface area contributed by atoms with E-state index in [9.17, 15) is 9.59 Å². The molecule has 0 bridgehead atoms. The first kappa shape index (κ1) is 11.6. The van der Waals surface area contributed by atoms with Crippen molar-refractivity contribution < 1.29 is 9.59 Å².